The van der Waals surface area contributed by atoms with Gasteiger partial charge in [-0.15, -0.1) is 0 Å². The summed E-state index contributed by atoms with van der Waals surface area (Å²) in [6.45, 7) is 3.76. The topological polar surface area (TPSA) is 52.3 Å². The molecule has 0 saturated heterocycles. The molecule has 0 aliphatic heterocycles. The Bertz CT molecular complexity index is 1080. The van der Waals surface area contributed by atoms with E-state index >= 15 is 0 Å². The number of aryl methyl sites for hydroxylation is 2. The van der Waals surface area contributed by atoms with E-state index < -0.39 is 5.97 Å². The summed E-state index contributed by atoms with van der Waals surface area (Å²) in [5, 5.41) is 1.84. The van der Waals surface area contributed by atoms with E-state index in [0.717, 1.165) is 22.0 Å². The number of para-hydroxylation sites is 2. The van der Waals surface area contributed by atoms with Gasteiger partial charge >= 0.3 is 5.97 Å². The van der Waals surface area contributed by atoms with Crippen LogP contribution in [-0.4, -0.2) is 11.0 Å². The molecular formula is C20H15NO3. The minimum Gasteiger partial charge on any atom is -0.449 e. The van der Waals surface area contributed by atoms with Gasteiger partial charge in [0.25, 0.3) is 0 Å². The van der Waals surface area contributed by atoms with Crippen molar-refractivity contribution < 1.29 is 13.9 Å². The number of esters is 1. The summed E-state index contributed by atoms with van der Waals surface area (Å²) in [4.78, 5) is 17.1. The van der Waals surface area contributed by atoms with Crippen LogP contribution in [0.3, 0.4) is 0 Å². The summed E-state index contributed by atoms with van der Waals surface area (Å²) in [5.41, 5.74) is 2.99. The SMILES string of the molecule is Cc1ccc2cccc(OC(=O)c3oc4ccccc4c3C)c2n1. The van der Waals surface area contributed by atoms with Crippen molar-refractivity contribution in [3.63, 3.8) is 0 Å². The van der Waals surface area contributed by atoms with Crippen molar-refractivity contribution in [2.75, 3.05) is 0 Å². The molecule has 118 valence electrons. The highest BCUT2D eigenvalue weighted by Gasteiger charge is 2.20. The first-order valence-electron chi connectivity index (χ1n) is 7.70. The van der Waals surface area contributed by atoms with Gasteiger partial charge in [0.2, 0.25) is 5.76 Å². The van der Waals surface area contributed by atoms with E-state index in [1.54, 1.807) is 6.07 Å². The number of benzene rings is 2. The first kappa shape index (κ1) is 14.5. The molecule has 0 radical (unpaired) electrons. The van der Waals surface area contributed by atoms with Gasteiger partial charge in [-0.3, -0.25) is 0 Å². The number of hydrogen-bond acceptors (Lipinski definition) is 4. The fraction of sp³-hybridized carbons (Fsp3) is 0.100. The zero-order valence-corrected chi connectivity index (χ0v) is 13.4. The molecule has 2 heterocycles. The largest absolute Gasteiger partial charge is 0.449 e. The lowest BCUT2D eigenvalue weighted by Gasteiger charge is -2.07. The predicted octanol–water partition coefficient (Wildman–Crippen LogP) is 4.82. The molecule has 0 spiro atoms. The Morgan fingerprint density at radius 3 is 2.67 bits per heavy atom. The number of hydrogen-bond donors (Lipinski definition) is 0. The van der Waals surface area contributed by atoms with Crippen LogP contribution in [0.15, 0.2) is 59.0 Å². The maximum atomic E-state index is 12.6. The highest BCUT2D eigenvalue weighted by atomic mass is 16.5. The van der Waals surface area contributed by atoms with Crippen molar-refractivity contribution >= 4 is 27.8 Å². The summed E-state index contributed by atoms with van der Waals surface area (Å²) in [5.74, 6) is 0.140. The number of aromatic nitrogens is 1. The van der Waals surface area contributed by atoms with Crippen LogP contribution in [0.5, 0.6) is 5.75 Å². The second kappa shape index (κ2) is 5.49. The van der Waals surface area contributed by atoms with Gasteiger partial charge in [-0.25, -0.2) is 9.78 Å². The maximum absolute atomic E-state index is 12.6. The van der Waals surface area contributed by atoms with Crippen LogP contribution >= 0.6 is 0 Å². The van der Waals surface area contributed by atoms with E-state index in [1.807, 2.05) is 62.4 Å². The van der Waals surface area contributed by atoms with Crippen LogP contribution in [0.4, 0.5) is 0 Å². The Kier molecular flexibility index (Phi) is 3.31. The van der Waals surface area contributed by atoms with E-state index in [0.29, 0.717) is 16.8 Å². The van der Waals surface area contributed by atoms with Crippen LogP contribution in [0.25, 0.3) is 21.9 Å². The van der Waals surface area contributed by atoms with Crippen LogP contribution in [0.2, 0.25) is 0 Å². The van der Waals surface area contributed by atoms with E-state index in [-0.39, 0.29) is 5.76 Å². The zero-order chi connectivity index (χ0) is 16.7. The highest BCUT2D eigenvalue weighted by Crippen LogP contribution is 2.28. The summed E-state index contributed by atoms with van der Waals surface area (Å²) in [6.07, 6.45) is 0. The molecular weight excluding hydrogens is 302 g/mol. The van der Waals surface area contributed by atoms with E-state index in [4.69, 9.17) is 9.15 Å². The van der Waals surface area contributed by atoms with Crippen molar-refractivity contribution in [1.82, 2.24) is 4.98 Å². The molecule has 0 saturated carbocycles. The molecule has 2 aromatic heterocycles. The molecule has 4 aromatic rings. The molecule has 0 amide bonds. The van der Waals surface area contributed by atoms with Gasteiger partial charge in [0.15, 0.2) is 5.75 Å². The number of fused-ring (bicyclic) bond motifs is 2. The van der Waals surface area contributed by atoms with Crippen LogP contribution in [-0.2, 0) is 0 Å². The Morgan fingerprint density at radius 1 is 1.00 bits per heavy atom. The number of carbonyl (C=O) groups is 1. The lowest BCUT2D eigenvalue weighted by molar-refractivity contribution is 0.0705. The second-order valence-electron chi connectivity index (χ2n) is 5.72. The molecule has 4 heteroatoms. The predicted molar refractivity (Wildman–Crippen MR) is 92.4 cm³/mol. The quantitative estimate of drug-likeness (QED) is 0.393. The van der Waals surface area contributed by atoms with Gasteiger partial charge < -0.3 is 9.15 Å². The average Bonchev–Trinajstić information content (AvgIpc) is 2.93. The molecule has 0 aliphatic rings. The summed E-state index contributed by atoms with van der Waals surface area (Å²) < 4.78 is 11.3. The fourth-order valence-electron chi connectivity index (χ4n) is 2.82. The van der Waals surface area contributed by atoms with Crippen LogP contribution in [0, 0.1) is 13.8 Å². The highest BCUT2D eigenvalue weighted by molar-refractivity contribution is 5.98. The Hall–Kier alpha value is -3.14. The number of rotatable bonds is 2. The third-order valence-electron chi connectivity index (χ3n) is 4.05. The van der Waals surface area contributed by atoms with E-state index in [1.165, 1.54) is 0 Å². The normalized spacial score (nSPS) is 11.1. The first-order valence-corrected chi connectivity index (χ1v) is 7.70. The van der Waals surface area contributed by atoms with Crippen molar-refractivity contribution in [2.45, 2.75) is 13.8 Å². The van der Waals surface area contributed by atoms with Gasteiger partial charge in [-0.1, -0.05) is 36.4 Å². The van der Waals surface area contributed by atoms with E-state index in [2.05, 4.69) is 4.98 Å². The number of pyridine rings is 1. The van der Waals surface area contributed by atoms with Crippen molar-refractivity contribution in [1.29, 1.82) is 0 Å². The van der Waals surface area contributed by atoms with Crippen molar-refractivity contribution in [3.05, 3.63) is 71.6 Å². The van der Waals surface area contributed by atoms with E-state index in [9.17, 15) is 4.79 Å². The standard InChI is InChI=1S/C20H15NO3/c1-12-10-11-14-6-5-9-17(18(14)21-12)24-20(22)19-13(2)15-7-3-4-8-16(15)23-19/h3-11H,1-2H3. The second-order valence-corrected chi connectivity index (χ2v) is 5.72. The maximum Gasteiger partial charge on any atom is 0.380 e. The first-order chi connectivity index (χ1) is 11.6. The van der Waals surface area contributed by atoms with Crippen LogP contribution < -0.4 is 4.74 Å². The van der Waals surface area contributed by atoms with Crippen molar-refractivity contribution in [3.8, 4) is 5.75 Å². The molecule has 4 rings (SSSR count). The fourth-order valence-corrected chi connectivity index (χ4v) is 2.82. The van der Waals surface area contributed by atoms with Crippen molar-refractivity contribution in [2.24, 2.45) is 0 Å². The van der Waals surface area contributed by atoms with Gasteiger partial charge in [0, 0.05) is 22.0 Å². The molecule has 0 aliphatic carbocycles. The average molecular weight is 317 g/mol. The lowest BCUT2D eigenvalue weighted by Crippen LogP contribution is -2.09. The number of nitrogens with zero attached hydrogens (tertiary/aromatic N) is 1. The third-order valence-corrected chi connectivity index (χ3v) is 4.05. The number of ether oxygens (including phenoxy) is 1. The summed E-state index contributed by atoms with van der Waals surface area (Å²) in [6, 6.07) is 17.0. The Balaban J connectivity index is 1.76. The van der Waals surface area contributed by atoms with Gasteiger partial charge in [-0.05, 0) is 32.0 Å². The third kappa shape index (κ3) is 2.33. The number of carbonyl (C=O) groups excluding carboxylic acids is 1. The monoisotopic (exact) mass is 317 g/mol. The smallest absolute Gasteiger partial charge is 0.380 e. The molecule has 0 unspecified atom stereocenters. The minimum atomic E-state index is -0.514. The molecule has 4 nitrogen and oxygen atoms in total. The minimum absolute atomic E-state index is 0.223. The number of furan rings is 1. The van der Waals surface area contributed by atoms with Gasteiger partial charge in [-0.2, -0.15) is 0 Å². The molecule has 0 N–H and O–H groups in total. The Labute approximate surface area is 138 Å². The molecule has 2 aromatic carbocycles. The molecule has 0 atom stereocenters. The molecule has 0 bridgehead atoms. The lowest BCUT2D eigenvalue weighted by atomic mass is 10.1. The Morgan fingerprint density at radius 2 is 1.83 bits per heavy atom. The molecule has 24 heavy (non-hydrogen) atoms. The van der Waals surface area contributed by atoms with Gasteiger partial charge in [0.05, 0.1) is 0 Å². The van der Waals surface area contributed by atoms with Crippen LogP contribution in [0.1, 0.15) is 21.8 Å². The van der Waals surface area contributed by atoms with Gasteiger partial charge in [0.1, 0.15) is 11.1 Å². The molecule has 0 fully saturated rings. The summed E-state index contributed by atoms with van der Waals surface area (Å²) in [7, 11) is 0. The zero-order valence-electron chi connectivity index (χ0n) is 13.4. The summed E-state index contributed by atoms with van der Waals surface area (Å²) >= 11 is 0.